The van der Waals surface area contributed by atoms with Crippen molar-refractivity contribution in [3.63, 3.8) is 0 Å². The summed E-state index contributed by atoms with van der Waals surface area (Å²) in [5, 5.41) is 4.58. The zero-order chi connectivity index (χ0) is 48.3. The number of anilines is 6. The molecule has 4 unspecified atom stereocenters. The minimum Gasteiger partial charge on any atom is -0.353 e. The first-order chi connectivity index (χ1) is 35.7. The monoisotopic (exact) mass is 968 g/mol. The van der Waals surface area contributed by atoms with Crippen LogP contribution in [0.15, 0.2) is 146 Å². The van der Waals surface area contributed by atoms with E-state index >= 15 is 0 Å². The summed E-state index contributed by atoms with van der Waals surface area (Å²) in [6.07, 6.45) is 12.0. The van der Waals surface area contributed by atoms with Crippen LogP contribution in [0.2, 0.25) is 0 Å². The van der Waals surface area contributed by atoms with Gasteiger partial charge in [0, 0.05) is 59.9 Å². The second-order valence-corrected chi connectivity index (χ2v) is 19.6. The molecule has 4 heterocycles. The van der Waals surface area contributed by atoms with Gasteiger partial charge in [-0.2, -0.15) is 0 Å². The highest BCUT2D eigenvalue weighted by molar-refractivity contribution is 6.12. The molecule has 10 nitrogen and oxygen atoms in total. The maximum atomic E-state index is 6.23. The van der Waals surface area contributed by atoms with Crippen LogP contribution in [0.4, 0.5) is 34.1 Å². The lowest BCUT2D eigenvalue weighted by Gasteiger charge is -2.31. The first kappa shape index (κ1) is 48.6. The average molecular weight is 969 g/mol. The van der Waals surface area contributed by atoms with Crippen LogP contribution in [-0.4, -0.2) is 51.6 Å². The third-order valence-corrected chi connectivity index (χ3v) is 14.4. The van der Waals surface area contributed by atoms with E-state index in [0.29, 0.717) is 26.4 Å². The van der Waals surface area contributed by atoms with Crippen molar-refractivity contribution in [1.29, 1.82) is 0 Å². The molecule has 0 spiro atoms. The van der Waals surface area contributed by atoms with E-state index in [9.17, 15) is 0 Å². The highest BCUT2D eigenvalue weighted by atomic mass is 16.7. The Hall–Kier alpha value is -5.66. The van der Waals surface area contributed by atoms with Crippen LogP contribution in [0.5, 0.6) is 0 Å². The Morgan fingerprint density at radius 3 is 0.861 bits per heavy atom. The number of hydrogen-bond acceptors (Lipinski definition) is 10. The summed E-state index contributed by atoms with van der Waals surface area (Å²) < 4.78 is 48.5. The Morgan fingerprint density at radius 1 is 0.333 bits per heavy atom. The Morgan fingerprint density at radius 2 is 0.611 bits per heavy atom. The van der Waals surface area contributed by atoms with Crippen molar-refractivity contribution in [3.8, 4) is 0 Å². The van der Waals surface area contributed by atoms with Crippen molar-refractivity contribution in [3.05, 3.63) is 168 Å². The fraction of sp³-hybridized carbons (Fsp3) is 0.387. The van der Waals surface area contributed by atoms with Gasteiger partial charge in [-0.1, -0.05) is 72.8 Å². The maximum absolute atomic E-state index is 6.23. The van der Waals surface area contributed by atoms with Crippen molar-refractivity contribution in [2.45, 2.75) is 129 Å². The average Bonchev–Trinajstić information content (AvgIpc) is 3.45. The van der Waals surface area contributed by atoms with Crippen molar-refractivity contribution in [2.75, 3.05) is 36.2 Å². The van der Waals surface area contributed by atoms with Gasteiger partial charge in [0.1, 0.15) is 0 Å². The molecule has 72 heavy (non-hydrogen) atoms. The van der Waals surface area contributed by atoms with Gasteiger partial charge >= 0.3 is 0 Å². The third-order valence-electron chi connectivity index (χ3n) is 14.4. The first-order valence-electron chi connectivity index (χ1n) is 26.5. The summed E-state index contributed by atoms with van der Waals surface area (Å²) >= 11 is 0. The summed E-state index contributed by atoms with van der Waals surface area (Å²) in [6.45, 7) is 5.02. The summed E-state index contributed by atoms with van der Waals surface area (Å²) in [6, 6.07) is 53.1. The van der Waals surface area contributed by atoms with Crippen LogP contribution in [-0.2, 0) is 64.3 Å². The van der Waals surface area contributed by atoms with Gasteiger partial charge in [-0.05, 0) is 183 Å². The Kier molecular flexibility index (Phi) is 16.1. The van der Waals surface area contributed by atoms with E-state index in [1.165, 1.54) is 10.8 Å². The number of hydrogen-bond donors (Lipinski definition) is 0. The lowest BCUT2D eigenvalue weighted by molar-refractivity contribution is -0.169. The smallest absolute Gasteiger partial charge is 0.158 e. The number of rotatable bonds is 18. The van der Waals surface area contributed by atoms with E-state index in [2.05, 4.69) is 155 Å². The molecule has 0 bridgehead atoms. The second kappa shape index (κ2) is 23.9. The molecule has 0 saturated carbocycles. The normalized spacial score (nSPS) is 20.7. The molecule has 0 aromatic heterocycles. The molecule has 374 valence electrons. The zero-order valence-corrected chi connectivity index (χ0v) is 41.5. The van der Waals surface area contributed by atoms with Gasteiger partial charge in [0.15, 0.2) is 25.2 Å². The fourth-order valence-electron chi connectivity index (χ4n) is 10.3. The van der Waals surface area contributed by atoms with Gasteiger partial charge in [0.2, 0.25) is 0 Å². The number of fused-ring (bicyclic) bond motifs is 2. The van der Waals surface area contributed by atoms with E-state index in [-0.39, 0.29) is 25.2 Å². The molecule has 0 aliphatic carbocycles. The quantitative estimate of drug-likeness (QED) is 0.0776. The predicted molar refractivity (Wildman–Crippen MR) is 284 cm³/mol. The van der Waals surface area contributed by atoms with E-state index in [1.807, 2.05) is 0 Å². The van der Waals surface area contributed by atoms with Crippen LogP contribution >= 0.6 is 0 Å². The lowest BCUT2D eigenvalue weighted by Crippen LogP contribution is -2.22. The Bertz CT molecular complexity index is 2470. The second-order valence-electron chi connectivity index (χ2n) is 19.6. The molecule has 0 radical (unpaired) electrons. The van der Waals surface area contributed by atoms with Crippen molar-refractivity contribution < 1.29 is 37.9 Å². The SMILES string of the molecule is c1ccc2cc3c(N(c4ccc(COC5CCCCO5)cc4)c4ccc(COC5CCCCO5)cc4)ccc(N(c4ccc(COC5CCCCO5)cc4)c4ccc(COC5CCCCO5)cc4)c3cc2c1. The summed E-state index contributed by atoms with van der Waals surface area (Å²) in [5.74, 6) is 0. The summed E-state index contributed by atoms with van der Waals surface area (Å²) in [4.78, 5) is 4.76. The fourth-order valence-corrected chi connectivity index (χ4v) is 10.3. The molecule has 4 fully saturated rings. The zero-order valence-electron chi connectivity index (χ0n) is 41.5. The molecule has 10 heteroatoms. The van der Waals surface area contributed by atoms with Gasteiger partial charge in [0.05, 0.1) is 37.8 Å². The van der Waals surface area contributed by atoms with Gasteiger partial charge in [-0.25, -0.2) is 0 Å². The molecule has 4 aliphatic rings. The number of benzene rings is 7. The third kappa shape index (κ3) is 12.1. The molecule has 4 aliphatic heterocycles. The standard InChI is InChI=1S/C62H68N2O8/c1-2-12-50-40-56-55(39-49(50)11-1)57(63(51-25-17-45(18-26-51)41-69-59-13-3-7-35-65-59)52-27-19-46(20-28-52)42-70-60-14-4-8-36-66-60)33-34-58(56)64(53-29-21-47(22-30-53)43-71-61-15-5-9-37-67-61)54-31-23-48(24-32-54)44-72-62-16-6-10-38-68-62/h1-2,11-12,17-34,39-40,59-62H,3-10,13-16,35-38,41-44H2. The largest absolute Gasteiger partial charge is 0.353 e. The lowest BCUT2D eigenvalue weighted by atomic mass is 9.98. The Labute approximate surface area is 424 Å². The summed E-state index contributed by atoms with van der Waals surface area (Å²) in [5.41, 5.74) is 10.7. The summed E-state index contributed by atoms with van der Waals surface area (Å²) in [7, 11) is 0. The van der Waals surface area contributed by atoms with E-state index in [1.54, 1.807) is 0 Å². The Balaban J connectivity index is 0.979. The van der Waals surface area contributed by atoms with Gasteiger partial charge in [0.25, 0.3) is 0 Å². The topological polar surface area (TPSA) is 80.3 Å². The predicted octanol–water partition coefficient (Wildman–Crippen LogP) is 15.1. The highest BCUT2D eigenvalue weighted by Gasteiger charge is 2.24. The highest BCUT2D eigenvalue weighted by Crippen LogP contribution is 2.47. The molecular formula is C62H68N2O8. The molecular weight excluding hydrogens is 901 g/mol. The maximum Gasteiger partial charge on any atom is 0.158 e. The van der Waals surface area contributed by atoms with Crippen molar-refractivity contribution in [2.24, 2.45) is 0 Å². The van der Waals surface area contributed by atoms with Gasteiger partial charge in [-0.3, -0.25) is 0 Å². The first-order valence-corrected chi connectivity index (χ1v) is 26.5. The minimum absolute atomic E-state index is 0.150. The van der Waals surface area contributed by atoms with Crippen LogP contribution in [0.3, 0.4) is 0 Å². The van der Waals surface area contributed by atoms with Crippen molar-refractivity contribution in [1.82, 2.24) is 0 Å². The van der Waals surface area contributed by atoms with Crippen molar-refractivity contribution >= 4 is 55.7 Å². The molecule has 0 N–H and O–H groups in total. The molecule has 0 amide bonds. The molecule has 7 aromatic rings. The number of nitrogens with zero attached hydrogens (tertiary/aromatic N) is 2. The van der Waals surface area contributed by atoms with E-state index < -0.39 is 0 Å². The van der Waals surface area contributed by atoms with Crippen LogP contribution < -0.4 is 9.80 Å². The number of ether oxygens (including phenoxy) is 8. The van der Waals surface area contributed by atoms with E-state index in [0.717, 1.165) is 171 Å². The van der Waals surface area contributed by atoms with Crippen LogP contribution in [0, 0.1) is 0 Å². The van der Waals surface area contributed by atoms with Crippen LogP contribution in [0.25, 0.3) is 21.5 Å². The molecule has 7 aromatic carbocycles. The van der Waals surface area contributed by atoms with E-state index in [4.69, 9.17) is 37.9 Å². The molecule has 11 rings (SSSR count). The molecule has 4 atom stereocenters. The van der Waals surface area contributed by atoms with Gasteiger partial charge < -0.3 is 47.7 Å². The molecule has 4 saturated heterocycles. The van der Waals surface area contributed by atoms with Crippen LogP contribution in [0.1, 0.15) is 99.3 Å². The van der Waals surface area contributed by atoms with Gasteiger partial charge in [-0.15, -0.1) is 0 Å². The minimum atomic E-state index is -0.150.